The zero-order valence-electron chi connectivity index (χ0n) is 11.7. The van der Waals surface area contributed by atoms with Crippen molar-refractivity contribution in [3.05, 3.63) is 34.9 Å². The second-order valence-corrected chi connectivity index (χ2v) is 6.52. The van der Waals surface area contributed by atoms with Crippen LogP contribution in [0.5, 0.6) is 0 Å². The molecule has 0 atom stereocenters. The standard InChI is InChI=1S/C16H22O2/c1-11-6-7-12(15(2,3)4)10-13(11)16(14(17)18)8-5-9-16/h6-7,10H,5,8-9H2,1-4H3,(H,17,18). The third-order valence-corrected chi connectivity index (χ3v) is 4.24. The molecule has 0 heterocycles. The third kappa shape index (κ3) is 1.94. The molecular weight excluding hydrogens is 224 g/mol. The van der Waals surface area contributed by atoms with Crippen molar-refractivity contribution in [3.63, 3.8) is 0 Å². The maximum Gasteiger partial charge on any atom is 0.314 e. The lowest BCUT2D eigenvalue weighted by Gasteiger charge is -2.40. The molecule has 1 aliphatic carbocycles. The fourth-order valence-electron chi connectivity index (χ4n) is 2.73. The van der Waals surface area contributed by atoms with E-state index in [2.05, 4.69) is 39.0 Å². The largest absolute Gasteiger partial charge is 0.481 e. The summed E-state index contributed by atoms with van der Waals surface area (Å²) in [5, 5.41) is 9.56. The first-order valence-electron chi connectivity index (χ1n) is 6.62. The summed E-state index contributed by atoms with van der Waals surface area (Å²) in [5.74, 6) is -0.664. The van der Waals surface area contributed by atoms with Gasteiger partial charge in [0.15, 0.2) is 0 Å². The molecular formula is C16H22O2. The average molecular weight is 246 g/mol. The zero-order chi connectivity index (χ0) is 13.6. The van der Waals surface area contributed by atoms with Crippen molar-refractivity contribution >= 4 is 5.97 Å². The third-order valence-electron chi connectivity index (χ3n) is 4.24. The van der Waals surface area contributed by atoms with Crippen LogP contribution in [0.25, 0.3) is 0 Å². The summed E-state index contributed by atoms with van der Waals surface area (Å²) in [6, 6.07) is 6.30. The molecule has 0 spiro atoms. The summed E-state index contributed by atoms with van der Waals surface area (Å²) in [6.07, 6.45) is 2.57. The Kier molecular flexibility index (Phi) is 3.00. The molecule has 0 aliphatic heterocycles. The van der Waals surface area contributed by atoms with Crippen LogP contribution in [-0.2, 0) is 15.6 Å². The SMILES string of the molecule is Cc1ccc(C(C)(C)C)cc1C1(C(=O)O)CCC1. The number of carboxylic acid groups (broad SMARTS) is 1. The Balaban J connectivity index is 2.53. The number of carboxylic acids is 1. The van der Waals surface area contributed by atoms with Gasteiger partial charge in [0.2, 0.25) is 0 Å². The number of aliphatic carboxylic acids is 1. The molecule has 1 saturated carbocycles. The van der Waals surface area contributed by atoms with Gasteiger partial charge < -0.3 is 5.11 Å². The first kappa shape index (κ1) is 13.1. The lowest BCUT2D eigenvalue weighted by Crippen LogP contribution is -2.43. The van der Waals surface area contributed by atoms with Crippen molar-refractivity contribution in [1.29, 1.82) is 0 Å². The van der Waals surface area contributed by atoms with Crippen LogP contribution in [-0.4, -0.2) is 11.1 Å². The van der Waals surface area contributed by atoms with Crippen molar-refractivity contribution < 1.29 is 9.90 Å². The minimum atomic E-state index is -0.664. The molecule has 0 saturated heterocycles. The highest BCUT2D eigenvalue weighted by molar-refractivity contribution is 5.83. The molecule has 2 nitrogen and oxygen atoms in total. The lowest BCUT2D eigenvalue weighted by atomic mass is 9.63. The highest BCUT2D eigenvalue weighted by Gasteiger charge is 2.46. The Bertz CT molecular complexity index is 476. The molecule has 1 aromatic carbocycles. The van der Waals surface area contributed by atoms with Gasteiger partial charge in [0.1, 0.15) is 0 Å². The van der Waals surface area contributed by atoms with E-state index >= 15 is 0 Å². The summed E-state index contributed by atoms with van der Waals surface area (Å²) >= 11 is 0. The van der Waals surface area contributed by atoms with E-state index in [1.165, 1.54) is 5.56 Å². The summed E-state index contributed by atoms with van der Waals surface area (Å²) in [5.41, 5.74) is 2.78. The van der Waals surface area contributed by atoms with Gasteiger partial charge in [-0.25, -0.2) is 0 Å². The zero-order valence-corrected chi connectivity index (χ0v) is 11.7. The summed E-state index contributed by atoms with van der Waals surface area (Å²) in [7, 11) is 0. The topological polar surface area (TPSA) is 37.3 Å². The van der Waals surface area contributed by atoms with Gasteiger partial charge in [-0.3, -0.25) is 4.79 Å². The monoisotopic (exact) mass is 246 g/mol. The molecule has 0 radical (unpaired) electrons. The lowest BCUT2D eigenvalue weighted by molar-refractivity contribution is -0.147. The van der Waals surface area contributed by atoms with Gasteiger partial charge in [-0.2, -0.15) is 0 Å². The molecule has 0 unspecified atom stereocenters. The summed E-state index contributed by atoms with van der Waals surface area (Å²) in [6.45, 7) is 8.51. The van der Waals surface area contributed by atoms with Gasteiger partial charge in [0, 0.05) is 0 Å². The van der Waals surface area contributed by atoms with Crippen LogP contribution >= 0.6 is 0 Å². The van der Waals surface area contributed by atoms with E-state index in [1.54, 1.807) is 0 Å². The van der Waals surface area contributed by atoms with E-state index in [1.807, 2.05) is 6.92 Å². The van der Waals surface area contributed by atoms with Crippen molar-refractivity contribution in [3.8, 4) is 0 Å². The Labute approximate surface area is 109 Å². The second-order valence-electron chi connectivity index (χ2n) is 6.52. The Hall–Kier alpha value is -1.31. The Morgan fingerprint density at radius 1 is 1.28 bits per heavy atom. The number of hydrogen-bond donors (Lipinski definition) is 1. The first-order chi connectivity index (χ1) is 8.27. The van der Waals surface area contributed by atoms with E-state index < -0.39 is 11.4 Å². The first-order valence-corrected chi connectivity index (χ1v) is 6.62. The fourth-order valence-corrected chi connectivity index (χ4v) is 2.73. The number of hydrogen-bond acceptors (Lipinski definition) is 1. The van der Waals surface area contributed by atoms with Gasteiger partial charge in [-0.1, -0.05) is 45.4 Å². The quantitative estimate of drug-likeness (QED) is 0.861. The van der Waals surface area contributed by atoms with E-state index in [4.69, 9.17) is 0 Å². The number of rotatable bonds is 2. The smallest absolute Gasteiger partial charge is 0.314 e. The van der Waals surface area contributed by atoms with Gasteiger partial charge in [-0.15, -0.1) is 0 Å². The maximum absolute atomic E-state index is 11.6. The maximum atomic E-state index is 11.6. The molecule has 1 aliphatic rings. The van der Waals surface area contributed by atoms with E-state index in [0.29, 0.717) is 0 Å². The van der Waals surface area contributed by atoms with Gasteiger partial charge in [0.05, 0.1) is 5.41 Å². The summed E-state index contributed by atoms with van der Waals surface area (Å²) < 4.78 is 0. The number of carbonyl (C=O) groups is 1. The highest BCUT2D eigenvalue weighted by Crippen LogP contribution is 2.46. The van der Waals surface area contributed by atoms with Crippen molar-refractivity contribution in [2.45, 2.75) is 57.8 Å². The Morgan fingerprint density at radius 2 is 1.89 bits per heavy atom. The second kappa shape index (κ2) is 4.11. The molecule has 1 aromatic rings. The molecule has 0 aromatic heterocycles. The predicted octanol–water partition coefficient (Wildman–Crippen LogP) is 3.80. The molecule has 98 valence electrons. The van der Waals surface area contributed by atoms with E-state index in [-0.39, 0.29) is 5.41 Å². The predicted molar refractivity (Wildman–Crippen MR) is 73.0 cm³/mol. The summed E-state index contributed by atoms with van der Waals surface area (Å²) in [4.78, 5) is 11.6. The van der Waals surface area contributed by atoms with Crippen molar-refractivity contribution in [1.82, 2.24) is 0 Å². The van der Waals surface area contributed by atoms with Crippen LogP contribution in [0.1, 0.15) is 56.7 Å². The van der Waals surface area contributed by atoms with Crippen LogP contribution in [0, 0.1) is 6.92 Å². The van der Waals surface area contributed by atoms with E-state index in [0.717, 1.165) is 30.4 Å². The van der Waals surface area contributed by atoms with Crippen LogP contribution in [0.3, 0.4) is 0 Å². The normalized spacial score (nSPS) is 18.2. The van der Waals surface area contributed by atoms with Crippen molar-refractivity contribution in [2.24, 2.45) is 0 Å². The van der Waals surface area contributed by atoms with E-state index in [9.17, 15) is 9.90 Å². The molecule has 1 N–H and O–H groups in total. The minimum absolute atomic E-state index is 0.0614. The number of benzene rings is 1. The van der Waals surface area contributed by atoms with Crippen LogP contribution in [0.4, 0.5) is 0 Å². The van der Waals surface area contributed by atoms with Crippen LogP contribution in [0.2, 0.25) is 0 Å². The highest BCUT2D eigenvalue weighted by atomic mass is 16.4. The molecule has 18 heavy (non-hydrogen) atoms. The molecule has 2 rings (SSSR count). The van der Waals surface area contributed by atoms with Crippen molar-refractivity contribution in [2.75, 3.05) is 0 Å². The molecule has 1 fully saturated rings. The van der Waals surface area contributed by atoms with Gasteiger partial charge in [-0.05, 0) is 41.9 Å². The van der Waals surface area contributed by atoms with Crippen LogP contribution < -0.4 is 0 Å². The van der Waals surface area contributed by atoms with Gasteiger partial charge >= 0.3 is 5.97 Å². The van der Waals surface area contributed by atoms with Crippen LogP contribution in [0.15, 0.2) is 18.2 Å². The average Bonchev–Trinajstić information content (AvgIpc) is 2.16. The number of aryl methyl sites for hydroxylation is 1. The molecule has 2 heteroatoms. The Morgan fingerprint density at radius 3 is 2.28 bits per heavy atom. The fraction of sp³-hybridized carbons (Fsp3) is 0.562. The molecule has 0 amide bonds. The minimum Gasteiger partial charge on any atom is -0.481 e. The van der Waals surface area contributed by atoms with Gasteiger partial charge in [0.25, 0.3) is 0 Å². The molecule has 0 bridgehead atoms.